The molecule has 0 radical (unpaired) electrons. The van der Waals surface area contributed by atoms with Crippen LogP contribution in [0.15, 0.2) is 12.5 Å². The summed E-state index contributed by atoms with van der Waals surface area (Å²) in [6.07, 6.45) is 3.46. The van der Waals surface area contributed by atoms with Crippen LogP contribution in [0.1, 0.15) is 25.6 Å². The van der Waals surface area contributed by atoms with Gasteiger partial charge in [0.1, 0.15) is 6.04 Å². The molecule has 13 heavy (non-hydrogen) atoms. The Bertz CT molecular complexity index is 294. The maximum atomic E-state index is 11.3. The standard InChI is InChI=1S/C9H14N2O2/c1-4-13-9(12)8(3)11-5-7(2)10-6-11/h5-6,8H,4H2,1-3H3. The summed E-state index contributed by atoms with van der Waals surface area (Å²) in [6, 6.07) is -0.291. The van der Waals surface area contributed by atoms with Crippen molar-refractivity contribution in [1.29, 1.82) is 0 Å². The van der Waals surface area contributed by atoms with Crippen LogP contribution >= 0.6 is 0 Å². The Morgan fingerprint density at radius 3 is 2.92 bits per heavy atom. The minimum absolute atomic E-state index is 0.222. The lowest BCUT2D eigenvalue weighted by molar-refractivity contribution is -0.146. The lowest BCUT2D eigenvalue weighted by atomic mass is 10.3. The van der Waals surface area contributed by atoms with Crippen molar-refractivity contribution in [3.8, 4) is 0 Å². The van der Waals surface area contributed by atoms with Crippen LogP contribution in [0.4, 0.5) is 0 Å². The zero-order chi connectivity index (χ0) is 9.84. The summed E-state index contributed by atoms with van der Waals surface area (Å²) in [6.45, 7) is 5.88. The molecule has 72 valence electrons. The molecule has 0 saturated heterocycles. The zero-order valence-electron chi connectivity index (χ0n) is 8.15. The molecule has 0 spiro atoms. The quantitative estimate of drug-likeness (QED) is 0.662. The van der Waals surface area contributed by atoms with Gasteiger partial charge >= 0.3 is 5.97 Å². The van der Waals surface area contributed by atoms with Gasteiger partial charge in [-0.15, -0.1) is 0 Å². The number of nitrogens with zero attached hydrogens (tertiary/aromatic N) is 2. The highest BCUT2D eigenvalue weighted by Crippen LogP contribution is 2.08. The fourth-order valence-electron chi connectivity index (χ4n) is 1.04. The molecule has 0 bridgehead atoms. The molecule has 1 unspecified atom stereocenters. The van der Waals surface area contributed by atoms with Crippen molar-refractivity contribution in [2.24, 2.45) is 0 Å². The third-order valence-electron chi connectivity index (χ3n) is 1.81. The average molecular weight is 182 g/mol. The van der Waals surface area contributed by atoms with Crippen LogP contribution < -0.4 is 0 Å². The first kappa shape index (κ1) is 9.77. The molecule has 0 saturated carbocycles. The van der Waals surface area contributed by atoms with Gasteiger partial charge < -0.3 is 9.30 Å². The van der Waals surface area contributed by atoms with Gasteiger partial charge in [0.05, 0.1) is 18.6 Å². The molecule has 1 aromatic rings. The molecular weight excluding hydrogens is 168 g/mol. The van der Waals surface area contributed by atoms with Crippen LogP contribution in [-0.4, -0.2) is 22.1 Å². The molecule has 1 atom stereocenters. The molecular formula is C9H14N2O2. The molecule has 0 N–H and O–H groups in total. The first-order chi connectivity index (χ1) is 6.15. The number of carbonyl (C=O) groups is 1. The van der Waals surface area contributed by atoms with E-state index < -0.39 is 0 Å². The SMILES string of the molecule is CCOC(=O)C(C)n1cnc(C)c1. The molecule has 0 aromatic carbocycles. The molecule has 1 aromatic heterocycles. The van der Waals surface area contributed by atoms with E-state index in [1.54, 1.807) is 24.7 Å². The lowest BCUT2D eigenvalue weighted by Crippen LogP contribution is -2.17. The molecule has 0 aliphatic rings. The van der Waals surface area contributed by atoms with Gasteiger partial charge in [-0.1, -0.05) is 0 Å². The number of carbonyl (C=O) groups excluding carboxylic acids is 1. The Morgan fingerprint density at radius 1 is 1.77 bits per heavy atom. The number of hydrogen-bond acceptors (Lipinski definition) is 3. The molecule has 1 heterocycles. The summed E-state index contributed by atoms with van der Waals surface area (Å²) in [4.78, 5) is 15.3. The van der Waals surface area contributed by atoms with Crippen molar-refractivity contribution < 1.29 is 9.53 Å². The van der Waals surface area contributed by atoms with Crippen molar-refractivity contribution in [1.82, 2.24) is 9.55 Å². The van der Waals surface area contributed by atoms with Crippen molar-refractivity contribution in [3.05, 3.63) is 18.2 Å². The largest absolute Gasteiger partial charge is 0.464 e. The van der Waals surface area contributed by atoms with Gasteiger partial charge in [-0.25, -0.2) is 9.78 Å². The third-order valence-corrected chi connectivity index (χ3v) is 1.81. The number of aryl methyl sites for hydroxylation is 1. The van der Waals surface area contributed by atoms with E-state index in [2.05, 4.69) is 4.98 Å². The van der Waals surface area contributed by atoms with Crippen LogP contribution in [0.5, 0.6) is 0 Å². The van der Waals surface area contributed by atoms with Gasteiger partial charge in [-0.2, -0.15) is 0 Å². The topological polar surface area (TPSA) is 44.1 Å². The monoisotopic (exact) mass is 182 g/mol. The van der Waals surface area contributed by atoms with E-state index in [-0.39, 0.29) is 12.0 Å². The number of ether oxygens (including phenoxy) is 1. The van der Waals surface area contributed by atoms with Crippen LogP contribution in [0, 0.1) is 6.92 Å². The second kappa shape index (κ2) is 4.07. The maximum Gasteiger partial charge on any atom is 0.328 e. The Kier molecular flexibility index (Phi) is 3.06. The van der Waals surface area contributed by atoms with Crippen molar-refractivity contribution in [2.75, 3.05) is 6.61 Å². The van der Waals surface area contributed by atoms with Gasteiger partial charge in [0.25, 0.3) is 0 Å². The number of esters is 1. The molecule has 4 nitrogen and oxygen atoms in total. The Balaban J connectivity index is 2.67. The second-order valence-corrected chi connectivity index (χ2v) is 2.89. The number of aromatic nitrogens is 2. The minimum Gasteiger partial charge on any atom is -0.464 e. The number of imidazole rings is 1. The van der Waals surface area contributed by atoms with Crippen LogP contribution in [0.2, 0.25) is 0 Å². The van der Waals surface area contributed by atoms with E-state index >= 15 is 0 Å². The molecule has 1 rings (SSSR count). The predicted octanol–water partition coefficient (Wildman–Crippen LogP) is 1.32. The third kappa shape index (κ3) is 2.31. The molecule has 0 aliphatic heterocycles. The van der Waals surface area contributed by atoms with Crippen LogP contribution in [0.3, 0.4) is 0 Å². The van der Waals surface area contributed by atoms with E-state index in [1.807, 2.05) is 13.1 Å². The van der Waals surface area contributed by atoms with E-state index in [0.29, 0.717) is 6.61 Å². The number of hydrogen-bond donors (Lipinski definition) is 0. The van der Waals surface area contributed by atoms with Gasteiger partial charge in [0, 0.05) is 6.20 Å². The molecule has 0 amide bonds. The first-order valence-electron chi connectivity index (χ1n) is 4.32. The molecule has 0 aliphatic carbocycles. The van der Waals surface area contributed by atoms with Crippen LogP contribution in [0.25, 0.3) is 0 Å². The highest BCUT2D eigenvalue weighted by atomic mass is 16.5. The normalized spacial score (nSPS) is 12.5. The predicted molar refractivity (Wildman–Crippen MR) is 48.3 cm³/mol. The second-order valence-electron chi connectivity index (χ2n) is 2.89. The van der Waals surface area contributed by atoms with Crippen LogP contribution in [-0.2, 0) is 9.53 Å². The minimum atomic E-state index is -0.291. The fourth-order valence-corrected chi connectivity index (χ4v) is 1.04. The van der Waals surface area contributed by atoms with Crippen molar-refractivity contribution in [3.63, 3.8) is 0 Å². The fraction of sp³-hybridized carbons (Fsp3) is 0.556. The summed E-state index contributed by atoms with van der Waals surface area (Å²) in [5, 5.41) is 0. The van der Waals surface area contributed by atoms with E-state index in [0.717, 1.165) is 5.69 Å². The van der Waals surface area contributed by atoms with Gasteiger partial charge in [0.15, 0.2) is 0 Å². The lowest BCUT2D eigenvalue weighted by Gasteiger charge is -2.10. The van der Waals surface area contributed by atoms with Gasteiger partial charge in [0.2, 0.25) is 0 Å². The highest BCUT2D eigenvalue weighted by Gasteiger charge is 2.15. The Morgan fingerprint density at radius 2 is 2.46 bits per heavy atom. The molecule has 0 fully saturated rings. The average Bonchev–Trinajstić information content (AvgIpc) is 2.51. The zero-order valence-corrected chi connectivity index (χ0v) is 8.15. The summed E-state index contributed by atoms with van der Waals surface area (Å²) in [7, 11) is 0. The van der Waals surface area contributed by atoms with Gasteiger partial charge in [-0.05, 0) is 20.8 Å². The summed E-state index contributed by atoms with van der Waals surface area (Å²) < 4.78 is 6.62. The summed E-state index contributed by atoms with van der Waals surface area (Å²) >= 11 is 0. The first-order valence-corrected chi connectivity index (χ1v) is 4.32. The summed E-state index contributed by atoms with van der Waals surface area (Å²) in [5.41, 5.74) is 0.899. The van der Waals surface area contributed by atoms with E-state index in [9.17, 15) is 4.79 Å². The van der Waals surface area contributed by atoms with Gasteiger partial charge in [-0.3, -0.25) is 0 Å². The highest BCUT2D eigenvalue weighted by molar-refractivity contribution is 5.73. The smallest absolute Gasteiger partial charge is 0.328 e. The van der Waals surface area contributed by atoms with Crippen molar-refractivity contribution in [2.45, 2.75) is 26.8 Å². The maximum absolute atomic E-state index is 11.3. The van der Waals surface area contributed by atoms with E-state index in [4.69, 9.17) is 4.74 Å². The molecule has 4 heteroatoms. The van der Waals surface area contributed by atoms with E-state index in [1.165, 1.54) is 0 Å². The van der Waals surface area contributed by atoms with Crippen molar-refractivity contribution >= 4 is 5.97 Å². The summed E-state index contributed by atoms with van der Waals surface area (Å²) in [5.74, 6) is -0.222. The Labute approximate surface area is 77.5 Å². The Hall–Kier alpha value is -1.32. The number of rotatable bonds is 3.